The largest absolute Gasteiger partial charge is 0.326 e. The van der Waals surface area contributed by atoms with E-state index < -0.39 is 6.04 Å². The average Bonchev–Trinajstić information content (AvgIpc) is 2.74. The number of anilines is 1. The summed E-state index contributed by atoms with van der Waals surface area (Å²) >= 11 is 0. The first-order valence-corrected chi connectivity index (χ1v) is 11.7. The molecule has 4 heteroatoms. The molecule has 31 heavy (non-hydrogen) atoms. The van der Waals surface area contributed by atoms with Crippen molar-refractivity contribution in [1.29, 1.82) is 0 Å². The summed E-state index contributed by atoms with van der Waals surface area (Å²) in [5, 5.41) is 3.14. The Morgan fingerprint density at radius 2 is 1.61 bits per heavy atom. The fraction of sp³-hybridized carbons (Fsp3) is 0.481. The zero-order valence-corrected chi connectivity index (χ0v) is 19.5. The van der Waals surface area contributed by atoms with Gasteiger partial charge in [-0.25, -0.2) is 0 Å². The Morgan fingerprint density at radius 1 is 0.968 bits per heavy atom. The number of benzene rings is 2. The van der Waals surface area contributed by atoms with Crippen LogP contribution in [0.4, 0.5) is 5.69 Å². The van der Waals surface area contributed by atoms with Crippen molar-refractivity contribution in [2.45, 2.75) is 85.2 Å². The number of carbonyl (C=O) groups excluding carboxylic acids is 2. The molecule has 0 bridgehead atoms. The van der Waals surface area contributed by atoms with Gasteiger partial charge in [0.15, 0.2) is 0 Å². The highest BCUT2D eigenvalue weighted by Crippen LogP contribution is 2.27. The number of rotatable bonds is 8. The van der Waals surface area contributed by atoms with Gasteiger partial charge in [0.05, 0.1) is 0 Å². The standard InChI is InChI=1S/C27H36N2O2/c1-5-6-7-8-9-14-25(30)29-18-23-13-11-10-12-22(23)17-24(29)27(31)28-26-20(3)15-19(2)16-21(26)4/h10-13,15-16,24H,5-9,14,17-18H2,1-4H3,(H,28,31)/t24-/m1/s1. The molecule has 2 amide bonds. The van der Waals surface area contributed by atoms with Crippen molar-refractivity contribution in [3.8, 4) is 0 Å². The summed E-state index contributed by atoms with van der Waals surface area (Å²) in [5.41, 5.74) is 6.45. The molecule has 0 saturated heterocycles. The van der Waals surface area contributed by atoms with Gasteiger partial charge in [-0.3, -0.25) is 9.59 Å². The van der Waals surface area contributed by atoms with Gasteiger partial charge in [0, 0.05) is 25.1 Å². The number of carbonyl (C=O) groups is 2. The Kier molecular flexibility index (Phi) is 7.89. The molecule has 0 radical (unpaired) electrons. The van der Waals surface area contributed by atoms with Crippen molar-refractivity contribution in [3.63, 3.8) is 0 Å². The minimum Gasteiger partial charge on any atom is -0.326 e. The van der Waals surface area contributed by atoms with Crippen molar-refractivity contribution in [2.75, 3.05) is 5.32 Å². The van der Waals surface area contributed by atoms with E-state index in [2.05, 4.69) is 43.4 Å². The third kappa shape index (κ3) is 5.75. The predicted octanol–water partition coefficient (Wildman–Crippen LogP) is 5.86. The maximum atomic E-state index is 13.4. The second-order valence-electron chi connectivity index (χ2n) is 8.94. The molecule has 0 saturated carbocycles. The Morgan fingerprint density at radius 3 is 2.29 bits per heavy atom. The van der Waals surface area contributed by atoms with Crippen LogP contribution >= 0.6 is 0 Å². The van der Waals surface area contributed by atoms with E-state index in [0.29, 0.717) is 19.4 Å². The second-order valence-corrected chi connectivity index (χ2v) is 8.94. The predicted molar refractivity (Wildman–Crippen MR) is 127 cm³/mol. The highest BCUT2D eigenvalue weighted by Gasteiger charge is 2.34. The van der Waals surface area contributed by atoms with Crippen LogP contribution in [0.3, 0.4) is 0 Å². The Labute approximate surface area is 187 Å². The topological polar surface area (TPSA) is 49.4 Å². The third-order valence-electron chi connectivity index (χ3n) is 6.29. The molecule has 0 aliphatic carbocycles. The molecule has 0 aromatic heterocycles. The van der Waals surface area contributed by atoms with E-state index in [1.54, 1.807) is 4.90 Å². The monoisotopic (exact) mass is 420 g/mol. The van der Waals surface area contributed by atoms with Gasteiger partial charge in [0.2, 0.25) is 11.8 Å². The normalized spacial score (nSPS) is 15.5. The number of amides is 2. The highest BCUT2D eigenvalue weighted by atomic mass is 16.2. The van der Waals surface area contributed by atoms with Crippen LogP contribution in [0, 0.1) is 20.8 Å². The van der Waals surface area contributed by atoms with Crippen molar-refractivity contribution in [3.05, 3.63) is 64.2 Å². The molecule has 2 aromatic carbocycles. The molecular weight excluding hydrogens is 384 g/mol. The van der Waals surface area contributed by atoms with E-state index in [0.717, 1.165) is 40.8 Å². The summed E-state index contributed by atoms with van der Waals surface area (Å²) in [6, 6.07) is 11.8. The molecule has 166 valence electrons. The molecule has 1 N–H and O–H groups in total. The first-order chi connectivity index (χ1) is 14.9. The highest BCUT2D eigenvalue weighted by molar-refractivity contribution is 5.98. The van der Waals surface area contributed by atoms with Gasteiger partial charge in [0.1, 0.15) is 6.04 Å². The van der Waals surface area contributed by atoms with E-state index in [-0.39, 0.29) is 11.8 Å². The van der Waals surface area contributed by atoms with Gasteiger partial charge in [-0.2, -0.15) is 0 Å². The minimum absolute atomic E-state index is 0.0866. The first kappa shape index (κ1) is 23.1. The molecule has 1 aliphatic rings. The number of aryl methyl sites for hydroxylation is 3. The first-order valence-electron chi connectivity index (χ1n) is 11.7. The van der Waals surface area contributed by atoms with Crippen molar-refractivity contribution < 1.29 is 9.59 Å². The number of unbranched alkanes of at least 4 members (excludes halogenated alkanes) is 4. The van der Waals surface area contributed by atoms with Crippen LogP contribution in [0.1, 0.15) is 73.3 Å². The number of fused-ring (bicyclic) bond motifs is 1. The summed E-state index contributed by atoms with van der Waals surface area (Å²) in [5.74, 6) is -0.00705. The fourth-order valence-corrected chi connectivity index (χ4v) is 4.63. The Hall–Kier alpha value is -2.62. The van der Waals surface area contributed by atoms with Crippen LogP contribution in [0.25, 0.3) is 0 Å². The van der Waals surface area contributed by atoms with Gasteiger partial charge < -0.3 is 10.2 Å². The third-order valence-corrected chi connectivity index (χ3v) is 6.29. The summed E-state index contributed by atoms with van der Waals surface area (Å²) in [7, 11) is 0. The number of nitrogens with one attached hydrogen (secondary N) is 1. The van der Waals surface area contributed by atoms with Gasteiger partial charge in [-0.05, 0) is 49.4 Å². The van der Waals surface area contributed by atoms with Crippen molar-refractivity contribution >= 4 is 17.5 Å². The maximum absolute atomic E-state index is 13.4. The van der Waals surface area contributed by atoms with Crippen molar-refractivity contribution in [2.24, 2.45) is 0 Å². The van der Waals surface area contributed by atoms with Crippen LogP contribution in [0.5, 0.6) is 0 Å². The maximum Gasteiger partial charge on any atom is 0.247 e. The molecule has 1 atom stereocenters. The van der Waals surface area contributed by atoms with E-state index in [4.69, 9.17) is 0 Å². The van der Waals surface area contributed by atoms with Crippen LogP contribution in [0.2, 0.25) is 0 Å². The quantitative estimate of drug-likeness (QED) is 0.543. The second kappa shape index (κ2) is 10.6. The molecule has 1 heterocycles. The van der Waals surface area contributed by atoms with Crippen LogP contribution in [-0.2, 0) is 22.6 Å². The summed E-state index contributed by atoms with van der Waals surface area (Å²) in [6.45, 7) is 8.80. The van der Waals surface area contributed by atoms with Crippen LogP contribution < -0.4 is 5.32 Å². The van der Waals surface area contributed by atoms with E-state index in [1.807, 2.05) is 26.0 Å². The zero-order chi connectivity index (χ0) is 22.4. The molecule has 4 nitrogen and oxygen atoms in total. The van der Waals surface area contributed by atoms with E-state index in [9.17, 15) is 9.59 Å². The lowest BCUT2D eigenvalue weighted by Gasteiger charge is -2.36. The van der Waals surface area contributed by atoms with Crippen LogP contribution in [0.15, 0.2) is 36.4 Å². The molecule has 0 fully saturated rings. The summed E-state index contributed by atoms with van der Waals surface area (Å²) in [4.78, 5) is 28.3. The van der Waals surface area contributed by atoms with Gasteiger partial charge in [-0.15, -0.1) is 0 Å². The smallest absolute Gasteiger partial charge is 0.247 e. The summed E-state index contributed by atoms with van der Waals surface area (Å²) in [6.07, 6.45) is 6.61. The fourth-order valence-electron chi connectivity index (χ4n) is 4.63. The van der Waals surface area contributed by atoms with Crippen LogP contribution in [-0.4, -0.2) is 22.8 Å². The molecule has 1 aliphatic heterocycles. The van der Waals surface area contributed by atoms with Gasteiger partial charge in [0.25, 0.3) is 0 Å². The zero-order valence-electron chi connectivity index (χ0n) is 19.5. The minimum atomic E-state index is -0.474. The molecule has 0 spiro atoms. The number of hydrogen-bond acceptors (Lipinski definition) is 2. The molecule has 3 rings (SSSR count). The van der Waals surface area contributed by atoms with Gasteiger partial charge >= 0.3 is 0 Å². The lowest BCUT2D eigenvalue weighted by Crippen LogP contribution is -2.50. The Balaban J connectivity index is 1.77. The van der Waals surface area contributed by atoms with E-state index >= 15 is 0 Å². The molecular formula is C27H36N2O2. The molecule has 0 unspecified atom stereocenters. The van der Waals surface area contributed by atoms with Crippen molar-refractivity contribution in [1.82, 2.24) is 4.90 Å². The average molecular weight is 421 g/mol. The number of nitrogens with zero attached hydrogens (tertiary/aromatic N) is 1. The summed E-state index contributed by atoms with van der Waals surface area (Å²) < 4.78 is 0. The SMILES string of the molecule is CCCCCCCC(=O)N1Cc2ccccc2C[C@@H]1C(=O)Nc1c(C)cc(C)cc1C. The lowest BCUT2D eigenvalue weighted by atomic mass is 9.92. The lowest BCUT2D eigenvalue weighted by molar-refractivity contribution is -0.140. The van der Waals surface area contributed by atoms with Gasteiger partial charge in [-0.1, -0.05) is 74.6 Å². The molecule has 2 aromatic rings. The Bertz CT molecular complexity index is 912. The number of hydrogen-bond donors (Lipinski definition) is 1. The van der Waals surface area contributed by atoms with E-state index in [1.165, 1.54) is 24.8 Å².